The zero-order valence-corrected chi connectivity index (χ0v) is 15.9. The quantitative estimate of drug-likeness (QED) is 0.439. The number of rotatable bonds is 4. The molecule has 1 aromatic rings. The van der Waals surface area contributed by atoms with E-state index < -0.39 is 23.6 Å². The van der Waals surface area contributed by atoms with Crippen LogP contribution in [-0.2, 0) is 19.1 Å². The number of thioether (sulfide) groups is 1. The molecule has 0 bridgehead atoms. The van der Waals surface area contributed by atoms with Gasteiger partial charge in [-0.15, -0.1) is 11.8 Å². The van der Waals surface area contributed by atoms with Gasteiger partial charge in [0.1, 0.15) is 0 Å². The molecule has 0 fully saturated rings. The minimum absolute atomic E-state index is 0.0165. The van der Waals surface area contributed by atoms with Gasteiger partial charge in [0, 0.05) is 21.6 Å². The molecule has 1 heterocycles. The zero-order valence-electron chi connectivity index (χ0n) is 14.4. The van der Waals surface area contributed by atoms with Crippen molar-refractivity contribution in [1.82, 2.24) is 0 Å². The van der Waals surface area contributed by atoms with Crippen molar-refractivity contribution in [3.63, 3.8) is 0 Å². The maximum absolute atomic E-state index is 14.8. The molecule has 26 heavy (non-hydrogen) atoms. The van der Waals surface area contributed by atoms with Crippen LogP contribution in [0.25, 0.3) is 0 Å². The lowest BCUT2D eigenvalue weighted by atomic mass is 9.93. The Kier molecular flexibility index (Phi) is 5.39. The number of hydrogen-bond acceptors (Lipinski definition) is 5. The van der Waals surface area contributed by atoms with Gasteiger partial charge in [-0.1, -0.05) is 11.6 Å². The monoisotopic (exact) mass is 397 g/mol. The van der Waals surface area contributed by atoms with Gasteiger partial charge in [-0.25, -0.2) is 9.29 Å². The minimum Gasteiger partial charge on any atom is -0.468 e. The lowest BCUT2D eigenvalue weighted by molar-refractivity contribution is -0.137. The molecule has 2 aliphatic rings. The van der Waals surface area contributed by atoms with Crippen molar-refractivity contribution in [1.29, 1.82) is 0 Å². The molecule has 138 valence electrons. The Morgan fingerprint density at radius 3 is 2.38 bits per heavy atom. The predicted octanol–water partition coefficient (Wildman–Crippen LogP) is 3.80. The van der Waals surface area contributed by atoms with Crippen LogP contribution in [0, 0.1) is 12.7 Å². The van der Waals surface area contributed by atoms with Gasteiger partial charge in [0.15, 0.2) is 5.82 Å². The van der Waals surface area contributed by atoms with Crippen molar-refractivity contribution in [3.8, 4) is 0 Å². The third-order valence-electron chi connectivity index (χ3n) is 4.57. The first-order valence-electron chi connectivity index (χ1n) is 8.15. The van der Waals surface area contributed by atoms with Gasteiger partial charge in [0.2, 0.25) is 0 Å². The Bertz CT molecular complexity index is 824. The molecule has 0 saturated heterocycles. The highest BCUT2D eigenvalue weighted by atomic mass is 35.5. The highest BCUT2D eigenvalue weighted by Crippen LogP contribution is 2.41. The van der Waals surface area contributed by atoms with Crippen LogP contribution in [0.5, 0.6) is 0 Å². The number of esters is 1. The van der Waals surface area contributed by atoms with Gasteiger partial charge in [-0.3, -0.25) is 14.4 Å². The van der Waals surface area contributed by atoms with Gasteiger partial charge in [-0.05, 0) is 38.7 Å². The molecule has 0 radical (unpaired) electrons. The van der Waals surface area contributed by atoms with Gasteiger partial charge in [0.25, 0.3) is 11.8 Å². The molecule has 0 N–H and O–H groups in total. The molecule has 8 heteroatoms. The molecule has 1 aromatic carbocycles. The number of carbonyl (C=O) groups is 3. The van der Waals surface area contributed by atoms with Crippen molar-refractivity contribution >= 4 is 46.8 Å². The number of imide groups is 1. The number of carbonyl (C=O) groups excluding carboxylic acids is 3. The van der Waals surface area contributed by atoms with Crippen molar-refractivity contribution in [3.05, 3.63) is 33.6 Å². The van der Waals surface area contributed by atoms with Gasteiger partial charge in [-0.2, -0.15) is 0 Å². The maximum atomic E-state index is 14.8. The van der Waals surface area contributed by atoms with Crippen LogP contribution in [-0.4, -0.2) is 30.6 Å². The molecule has 3 rings (SSSR count). The smallest absolute Gasteiger partial charge is 0.315 e. The number of halogens is 2. The maximum Gasteiger partial charge on any atom is 0.315 e. The van der Waals surface area contributed by atoms with Crippen LogP contribution in [0.3, 0.4) is 0 Å². The summed E-state index contributed by atoms with van der Waals surface area (Å²) in [5.74, 6) is -2.11. The second kappa shape index (κ2) is 7.40. The topological polar surface area (TPSA) is 63.7 Å². The summed E-state index contributed by atoms with van der Waals surface area (Å²) in [5.41, 5.74) is 0.972. The van der Waals surface area contributed by atoms with E-state index in [1.807, 2.05) is 0 Å². The third kappa shape index (κ3) is 3.14. The Morgan fingerprint density at radius 2 is 1.85 bits per heavy atom. The largest absolute Gasteiger partial charge is 0.468 e. The molecule has 0 saturated carbocycles. The first kappa shape index (κ1) is 18.9. The molecule has 1 aliphatic heterocycles. The summed E-state index contributed by atoms with van der Waals surface area (Å²) >= 11 is 7.25. The summed E-state index contributed by atoms with van der Waals surface area (Å²) in [4.78, 5) is 38.1. The van der Waals surface area contributed by atoms with Crippen LogP contribution in [0.2, 0.25) is 5.02 Å². The fraction of sp³-hybridized carbons (Fsp3) is 0.389. The average molecular weight is 398 g/mol. The standard InChI is InChI=1S/C18H17ClFNO4S/c1-9-15(19)13(26-8-14(22)25-2)7-12(16(9)20)21-17(23)10-5-3-4-6-11(10)18(21)24/h7H,3-6,8H2,1-2H3. The molecule has 0 unspecified atom stereocenters. The van der Waals surface area contributed by atoms with Gasteiger partial charge < -0.3 is 4.74 Å². The SMILES string of the molecule is COC(=O)CSc1cc(N2C(=O)C3=C(CCCC3)C2=O)c(F)c(C)c1Cl. The number of benzene rings is 1. The molecule has 0 spiro atoms. The van der Waals surface area contributed by atoms with Crippen LogP contribution in [0.15, 0.2) is 22.1 Å². The number of hydrogen-bond donors (Lipinski definition) is 0. The summed E-state index contributed by atoms with van der Waals surface area (Å²) in [6, 6.07) is 1.35. The Morgan fingerprint density at radius 1 is 1.27 bits per heavy atom. The Labute approximate surface area is 159 Å². The third-order valence-corrected chi connectivity index (χ3v) is 6.18. The molecule has 2 amide bonds. The number of methoxy groups -OCH3 is 1. The number of anilines is 1. The van der Waals surface area contributed by atoms with Crippen molar-refractivity contribution in [2.24, 2.45) is 0 Å². The summed E-state index contributed by atoms with van der Waals surface area (Å²) < 4.78 is 19.4. The molecule has 0 aromatic heterocycles. The molecule has 0 atom stereocenters. The normalized spacial score (nSPS) is 17.0. The fourth-order valence-electron chi connectivity index (χ4n) is 3.15. The summed E-state index contributed by atoms with van der Waals surface area (Å²) in [6.45, 7) is 1.47. The van der Waals surface area contributed by atoms with Crippen molar-refractivity contribution in [2.75, 3.05) is 17.8 Å². The first-order valence-corrected chi connectivity index (χ1v) is 9.52. The van der Waals surface area contributed by atoms with Crippen LogP contribution >= 0.6 is 23.4 Å². The number of amides is 2. The van der Waals surface area contributed by atoms with Crippen LogP contribution in [0.1, 0.15) is 31.2 Å². The fourth-order valence-corrected chi connectivity index (χ4v) is 4.31. The van der Waals surface area contributed by atoms with E-state index in [4.69, 9.17) is 11.6 Å². The minimum atomic E-state index is -0.709. The lowest BCUT2D eigenvalue weighted by Crippen LogP contribution is -2.32. The lowest BCUT2D eigenvalue weighted by Gasteiger charge is -2.19. The van der Waals surface area contributed by atoms with Crippen molar-refractivity contribution < 1.29 is 23.5 Å². The van der Waals surface area contributed by atoms with E-state index in [9.17, 15) is 18.8 Å². The second-order valence-electron chi connectivity index (χ2n) is 6.12. The highest BCUT2D eigenvalue weighted by molar-refractivity contribution is 8.00. The van der Waals surface area contributed by atoms with E-state index >= 15 is 0 Å². The number of nitrogens with zero attached hydrogens (tertiary/aromatic N) is 1. The van der Waals surface area contributed by atoms with Crippen LogP contribution in [0.4, 0.5) is 10.1 Å². The van der Waals surface area contributed by atoms with Gasteiger partial charge in [0.05, 0.1) is 23.6 Å². The van der Waals surface area contributed by atoms with E-state index in [0.29, 0.717) is 28.9 Å². The van der Waals surface area contributed by atoms with E-state index in [2.05, 4.69) is 4.74 Å². The molecular weight excluding hydrogens is 381 g/mol. The van der Waals surface area contributed by atoms with E-state index in [0.717, 1.165) is 29.5 Å². The second-order valence-corrected chi connectivity index (χ2v) is 7.52. The summed E-state index contributed by atoms with van der Waals surface area (Å²) in [6.07, 6.45) is 2.76. The molecule has 5 nitrogen and oxygen atoms in total. The summed E-state index contributed by atoms with van der Waals surface area (Å²) in [7, 11) is 1.27. The Balaban J connectivity index is 2.00. The molecule has 1 aliphatic carbocycles. The summed E-state index contributed by atoms with van der Waals surface area (Å²) in [5, 5.41) is 0.150. The van der Waals surface area contributed by atoms with Crippen LogP contribution < -0.4 is 4.90 Å². The average Bonchev–Trinajstić information content (AvgIpc) is 2.90. The Hall–Kier alpha value is -1.86. The predicted molar refractivity (Wildman–Crippen MR) is 96.9 cm³/mol. The number of ether oxygens (including phenoxy) is 1. The van der Waals surface area contributed by atoms with E-state index in [1.54, 1.807) is 0 Å². The molecular formula is C18H17ClFNO4S. The van der Waals surface area contributed by atoms with E-state index in [-0.39, 0.29) is 22.0 Å². The van der Waals surface area contributed by atoms with E-state index in [1.165, 1.54) is 20.1 Å². The first-order chi connectivity index (χ1) is 12.4. The zero-order chi connectivity index (χ0) is 19.0. The van der Waals surface area contributed by atoms with Gasteiger partial charge >= 0.3 is 5.97 Å². The van der Waals surface area contributed by atoms with Crippen molar-refractivity contribution in [2.45, 2.75) is 37.5 Å². The highest BCUT2D eigenvalue weighted by Gasteiger charge is 2.41.